The second-order valence-corrected chi connectivity index (χ2v) is 6.62. The summed E-state index contributed by atoms with van der Waals surface area (Å²) in [6, 6.07) is 19.2. The van der Waals surface area contributed by atoms with Gasteiger partial charge in [0.05, 0.1) is 17.6 Å². The van der Waals surface area contributed by atoms with Crippen LogP contribution in [0.1, 0.15) is 28.5 Å². The number of Topliss-reactive ketones (excluding diaryl/α,β-unsaturated/α-hetero) is 1. The summed E-state index contributed by atoms with van der Waals surface area (Å²) < 4.78 is 1.82. The molecule has 26 heavy (non-hydrogen) atoms. The van der Waals surface area contributed by atoms with E-state index in [4.69, 9.17) is 16.7 Å². The molecule has 4 rings (SSSR count). The summed E-state index contributed by atoms with van der Waals surface area (Å²) in [6.07, 6.45) is 2.46. The summed E-state index contributed by atoms with van der Waals surface area (Å²) in [7, 11) is 0. The number of benzene rings is 2. The number of nitrogens with zero attached hydrogens (tertiary/aromatic N) is 3. The van der Waals surface area contributed by atoms with E-state index in [0.717, 1.165) is 28.2 Å². The molecule has 0 spiro atoms. The maximum atomic E-state index is 11.7. The minimum absolute atomic E-state index is 0.0373. The molecule has 0 aliphatic rings. The molecule has 4 nitrogen and oxygen atoms in total. The van der Waals surface area contributed by atoms with Gasteiger partial charge >= 0.3 is 0 Å². The van der Waals surface area contributed by atoms with Crippen LogP contribution in [0.15, 0.2) is 66.9 Å². The van der Waals surface area contributed by atoms with Crippen LogP contribution in [0.25, 0.3) is 16.9 Å². The molecular formula is C21H16ClN3O. The highest BCUT2D eigenvalue weighted by atomic mass is 35.5. The maximum Gasteiger partial charge on any atom is 0.159 e. The van der Waals surface area contributed by atoms with E-state index >= 15 is 0 Å². The fourth-order valence-corrected chi connectivity index (χ4v) is 3.17. The van der Waals surface area contributed by atoms with Gasteiger partial charge in [0.25, 0.3) is 0 Å². The molecule has 0 N–H and O–H groups in total. The van der Waals surface area contributed by atoms with Gasteiger partial charge in [0.2, 0.25) is 0 Å². The molecule has 0 radical (unpaired) electrons. The summed E-state index contributed by atoms with van der Waals surface area (Å²) in [4.78, 5) is 16.1. The van der Waals surface area contributed by atoms with Gasteiger partial charge in [0, 0.05) is 22.6 Å². The van der Waals surface area contributed by atoms with Gasteiger partial charge in [-0.2, -0.15) is 5.10 Å². The number of hydrogen-bond acceptors (Lipinski definition) is 3. The topological polar surface area (TPSA) is 47.3 Å². The number of imidazole rings is 1. The summed E-state index contributed by atoms with van der Waals surface area (Å²) in [5, 5.41) is 5.45. The molecule has 0 saturated heterocycles. The maximum absolute atomic E-state index is 11.7. The van der Waals surface area contributed by atoms with Crippen LogP contribution < -0.4 is 0 Å². The first-order valence-electron chi connectivity index (χ1n) is 8.29. The van der Waals surface area contributed by atoms with Crippen molar-refractivity contribution in [2.24, 2.45) is 0 Å². The lowest BCUT2D eigenvalue weighted by atomic mass is 10.1. The second-order valence-electron chi connectivity index (χ2n) is 6.18. The van der Waals surface area contributed by atoms with Gasteiger partial charge in [-0.3, -0.25) is 4.79 Å². The van der Waals surface area contributed by atoms with E-state index in [-0.39, 0.29) is 5.78 Å². The standard InChI is InChI=1S/C21H16ClN3O/c1-14(26)16-5-3-6-17(12-16)20-13-23-21-9-8-19(24-25(20)21)11-15-4-2-7-18(22)10-15/h2-10,12-13H,11H2,1H3. The van der Waals surface area contributed by atoms with Crippen LogP contribution >= 0.6 is 11.6 Å². The Bertz CT molecular complexity index is 1120. The first kappa shape index (κ1) is 16.5. The number of ketones is 1. The van der Waals surface area contributed by atoms with E-state index in [1.54, 1.807) is 13.1 Å². The van der Waals surface area contributed by atoms with Gasteiger partial charge in [-0.1, -0.05) is 41.9 Å². The Hall–Kier alpha value is -2.98. The Labute approximate surface area is 156 Å². The van der Waals surface area contributed by atoms with Crippen LogP contribution in [-0.4, -0.2) is 20.4 Å². The fraction of sp³-hybridized carbons (Fsp3) is 0.0952. The van der Waals surface area contributed by atoms with Crippen molar-refractivity contribution in [2.45, 2.75) is 13.3 Å². The number of rotatable bonds is 4. The van der Waals surface area contributed by atoms with Gasteiger partial charge < -0.3 is 0 Å². The van der Waals surface area contributed by atoms with Crippen molar-refractivity contribution in [3.8, 4) is 11.3 Å². The molecule has 128 valence electrons. The average molecular weight is 362 g/mol. The van der Waals surface area contributed by atoms with E-state index in [9.17, 15) is 4.79 Å². The van der Waals surface area contributed by atoms with Gasteiger partial charge in [0.1, 0.15) is 0 Å². The van der Waals surface area contributed by atoms with Crippen LogP contribution in [0.5, 0.6) is 0 Å². The molecular weight excluding hydrogens is 346 g/mol. The lowest BCUT2D eigenvalue weighted by molar-refractivity contribution is 0.101. The van der Waals surface area contributed by atoms with Crippen molar-refractivity contribution < 1.29 is 4.79 Å². The predicted octanol–water partition coefficient (Wildman–Crippen LogP) is 4.84. The highest BCUT2D eigenvalue weighted by Crippen LogP contribution is 2.22. The van der Waals surface area contributed by atoms with Crippen LogP contribution in [0.2, 0.25) is 5.02 Å². The molecule has 0 atom stereocenters. The third-order valence-corrected chi connectivity index (χ3v) is 4.49. The van der Waals surface area contributed by atoms with Crippen molar-refractivity contribution in [1.29, 1.82) is 0 Å². The molecule has 0 amide bonds. The number of fused-ring (bicyclic) bond motifs is 1. The van der Waals surface area contributed by atoms with Crippen LogP contribution in [0.4, 0.5) is 0 Å². The van der Waals surface area contributed by atoms with Crippen LogP contribution in [0, 0.1) is 0 Å². The number of halogens is 1. The summed E-state index contributed by atoms with van der Waals surface area (Å²) in [6.45, 7) is 1.56. The zero-order valence-corrected chi connectivity index (χ0v) is 14.9. The van der Waals surface area contributed by atoms with E-state index in [1.165, 1.54) is 0 Å². The Kier molecular flexibility index (Phi) is 4.27. The summed E-state index contributed by atoms with van der Waals surface area (Å²) >= 11 is 6.07. The van der Waals surface area contributed by atoms with Crippen molar-refractivity contribution in [2.75, 3.05) is 0 Å². The zero-order valence-electron chi connectivity index (χ0n) is 14.2. The van der Waals surface area contributed by atoms with Gasteiger partial charge in [-0.15, -0.1) is 0 Å². The SMILES string of the molecule is CC(=O)c1cccc(-c2cnc3ccc(Cc4cccc(Cl)c4)nn23)c1. The molecule has 0 fully saturated rings. The molecule has 0 unspecified atom stereocenters. The average Bonchev–Trinajstić information content (AvgIpc) is 3.05. The lowest BCUT2D eigenvalue weighted by Crippen LogP contribution is -2.01. The molecule has 0 saturated carbocycles. The number of hydrogen-bond donors (Lipinski definition) is 0. The Morgan fingerprint density at radius 3 is 2.73 bits per heavy atom. The van der Waals surface area contributed by atoms with Crippen molar-refractivity contribution in [1.82, 2.24) is 14.6 Å². The number of carbonyl (C=O) groups excluding carboxylic acids is 1. The third kappa shape index (κ3) is 3.24. The first-order valence-corrected chi connectivity index (χ1v) is 8.67. The monoisotopic (exact) mass is 361 g/mol. The number of aromatic nitrogens is 3. The lowest BCUT2D eigenvalue weighted by Gasteiger charge is -2.06. The smallest absolute Gasteiger partial charge is 0.159 e. The molecule has 5 heteroatoms. The predicted molar refractivity (Wildman–Crippen MR) is 103 cm³/mol. The van der Waals surface area contributed by atoms with Gasteiger partial charge in [-0.25, -0.2) is 9.50 Å². The molecule has 2 aromatic heterocycles. The Morgan fingerprint density at radius 2 is 1.92 bits per heavy atom. The minimum atomic E-state index is 0.0373. The highest BCUT2D eigenvalue weighted by Gasteiger charge is 2.10. The molecule has 4 aromatic rings. The van der Waals surface area contributed by atoms with Crippen molar-refractivity contribution >= 4 is 23.0 Å². The van der Waals surface area contributed by atoms with Crippen LogP contribution in [0.3, 0.4) is 0 Å². The summed E-state index contributed by atoms with van der Waals surface area (Å²) in [5.74, 6) is 0.0373. The van der Waals surface area contributed by atoms with Crippen LogP contribution in [-0.2, 0) is 6.42 Å². The Balaban J connectivity index is 1.75. The van der Waals surface area contributed by atoms with E-state index in [0.29, 0.717) is 17.0 Å². The molecule has 2 aromatic carbocycles. The quantitative estimate of drug-likeness (QED) is 0.488. The molecule has 0 bridgehead atoms. The van der Waals surface area contributed by atoms with Crippen molar-refractivity contribution in [3.63, 3.8) is 0 Å². The largest absolute Gasteiger partial charge is 0.295 e. The number of carbonyl (C=O) groups is 1. The summed E-state index contributed by atoms with van der Waals surface area (Å²) in [5.41, 5.74) is 5.23. The van der Waals surface area contributed by atoms with E-state index in [2.05, 4.69) is 4.98 Å². The van der Waals surface area contributed by atoms with Gasteiger partial charge in [-0.05, 0) is 42.8 Å². The van der Waals surface area contributed by atoms with Gasteiger partial charge in [0.15, 0.2) is 11.4 Å². The highest BCUT2D eigenvalue weighted by molar-refractivity contribution is 6.30. The fourth-order valence-electron chi connectivity index (χ4n) is 2.96. The van der Waals surface area contributed by atoms with Crippen molar-refractivity contribution in [3.05, 3.63) is 88.7 Å². The molecule has 0 aliphatic carbocycles. The first-order chi connectivity index (χ1) is 12.6. The third-order valence-electron chi connectivity index (χ3n) is 4.26. The molecule has 2 heterocycles. The molecule has 0 aliphatic heterocycles. The zero-order chi connectivity index (χ0) is 18.1. The minimum Gasteiger partial charge on any atom is -0.295 e. The second kappa shape index (κ2) is 6.73. The van der Waals surface area contributed by atoms with E-state index in [1.807, 2.05) is 65.2 Å². The normalized spacial score (nSPS) is 11.0. The van der Waals surface area contributed by atoms with E-state index < -0.39 is 0 Å². The Morgan fingerprint density at radius 1 is 1.08 bits per heavy atom.